The molecule has 2 rings (SSSR count). The molecule has 0 unspecified atom stereocenters. The Balaban J connectivity index is 1.87. The van der Waals surface area contributed by atoms with E-state index in [0.717, 1.165) is 24.5 Å². The van der Waals surface area contributed by atoms with E-state index < -0.39 is 0 Å². The zero-order valence-electron chi connectivity index (χ0n) is 11.3. The molecule has 1 saturated carbocycles. The number of ether oxygens (including phenoxy) is 1. The van der Waals surface area contributed by atoms with Gasteiger partial charge in [-0.25, -0.2) is 10.8 Å². The molecule has 19 heavy (non-hydrogen) atoms. The van der Waals surface area contributed by atoms with Gasteiger partial charge in [0.25, 0.3) is 5.91 Å². The van der Waals surface area contributed by atoms with Crippen LogP contribution < -0.4 is 11.3 Å². The summed E-state index contributed by atoms with van der Waals surface area (Å²) in [4.78, 5) is 15.6. The molecule has 1 aliphatic carbocycles. The quantitative estimate of drug-likeness (QED) is 0.493. The van der Waals surface area contributed by atoms with Crippen LogP contribution in [0.3, 0.4) is 0 Å². The molecule has 1 heterocycles. The van der Waals surface area contributed by atoms with Crippen molar-refractivity contribution in [3.05, 3.63) is 29.6 Å². The number of nitrogens with one attached hydrogen (secondary N) is 1. The number of nitrogens with two attached hydrogens (primary N) is 1. The molecule has 0 aromatic carbocycles. The third-order valence-electron chi connectivity index (χ3n) is 3.60. The summed E-state index contributed by atoms with van der Waals surface area (Å²) in [5.74, 6) is 5.52. The van der Waals surface area contributed by atoms with Gasteiger partial charge in [0.15, 0.2) is 0 Å². The number of aromatic nitrogens is 1. The van der Waals surface area contributed by atoms with Crippen LogP contribution in [-0.4, -0.2) is 17.0 Å². The van der Waals surface area contributed by atoms with Crippen molar-refractivity contribution in [3.63, 3.8) is 0 Å². The average molecular weight is 263 g/mol. The van der Waals surface area contributed by atoms with Crippen molar-refractivity contribution in [3.8, 4) is 0 Å². The van der Waals surface area contributed by atoms with Crippen molar-refractivity contribution in [2.24, 2.45) is 11.8 Å². The number of hydrogen-bond donors (Lipinski definition) is 2. The Labute approximate surface area is 113 Å². The van der Waals surface area contributed by atoms with Crippen molar-refractivity contribution in [1.29, 1.82) is 0 Å². The van der Waals surface area contributed by atoms with Crippen LogP contribution in [0.2, 0.25) is 0 Å². The minimum absolute atomic E-state index is 0.320. The van der Waals surface area contributed by atoms with Crippen LogP contribution in [0.5, 0.6) is 0 Å². The predicted molar refractivity (Wildman–Crippen MR) is 72.1 cm³/mol. The highest BCUT2D eigenvalue weighted by Crippen LogP contribution is 2.25. The molecule has 1 fully saturated rings. The SMILES string of the molecule is CC1CCC(OCc2cccc(C(=O)NN)n2)CC1. The molecule has 1 aliphatic rings. The first-order chi connectivity index (χ1) is 9.19. The minimum Gasteiger partial charge on any atom is -0.372 e. The molecule has 0 atom stereocenters. The highest BCUT2D eigenvalue weighted by molar-refractivity contribution is 5.91. The zero-order chi connectivity index (χ0) is 13.7. The summed E-state index contributed by atoms with van der Waals surface area (Å²) in [5, 5.41) is 0. The van der Waals surface area contributed by atoms with E-state index in [4.69, 9.17) is 10.6 Å². The van der Waals surface area contributed by atoms with Crippen LogP contribution in [-0.2, 0) is 11.3 Å². The standard InChI is InChI=1S/C14H21N3O2/c1-10-5-7-12(8-6-10)19-9-11-3-2-4-13(16-11)14(18)17-15/h2-4,10,12H,5-9,15H2,1H3,(H,17,18). The van der Waals surface area contributed by atoms with Gasteiger partial charge in [0.2, 0.25) is 0 Å². The first-order valence-electron chi connectivity index (χ1n) is 6.77. The molecule has 5 nitrogen and oxygen atoms in total. The van der Waals surface area contributed by atoms with Crippen LogP contribution in [0, 0.1) is 5.92 Å². The van der Waals surface area contributed by atoms with Crippen LogP contribution in [0.1, 0.15) is 48.8 Å². The number of nitrogen functional groups attached to an aromatic ring is 1. The predicted octanol–water partition coefficient (Wildman–Crippen LogP) is 1.78. The van der Waals surface area contributed by atoms with Gasteiger partial charge in [0.1, 0.15) is 5.69 Å². The van der Waals surface area contributed by atoms with E-state index in [1.165, 1.54) is 12.8 Å². The van der Waals surface area contributed by atoms with Crippen LogP contribution in [0.25, 0.3) is 0 Å². The van der Waals surface area contributed by atoms with E-state index in [0.29, 0.717) is 18.4 Å². The van der Waals surface area contributed by atoms with Crippen LogP contribution in [0.4, 0.5) is 0 Å². The number of hydrogen-bond acceptors (Lipinski definition) is 4. The summed E-state index contributed by atoms with van der Waals surface area (Å²) in [6.45, 7) is 2.73. The second kappa shape index (κ2) is 6.63. The van der Waals surface area contributed by atoms with Gasteiger partial charge >= 0.3 is 0 Å². The fourth-order valence-electron chi connectivity index (χ4n) is 2.36. The molecule has 0 bridgehead atoms. The number of carbonyl (C=O) groups excluding carboxylic acids is 1. The number of carbonyl (C=O) groups is 1. The fraction of sp³-hybridized carbons (Fsp3) is 0.571. The summed E-state index contributed by atoms with van der Waals surface area (Å²) in [6, 6.07) is 5.28. The normalized spacial score (nSPS) is 23.1. The van der Waals surface area contributed by atoms with Crippen molar-refractivity contribution >= 4 is 5.91 Å². The van der Waals surface area contributed by atoms with E-state index in [9.17, 15) is 4.79 Å². The van der Waals surface area contributed by atoms with E-state index in [1.54, 1.807) is 12.1 Å². The summed E-state index contributed by atoms with van der Waals surface area (Å²) in [6.07, 6.45) is 5.01. The minimum atomic E-state index is -0.381. The Kier molecular flexibility index (Phi) is 4.87. The van der Waals surface area contributed by atoms with Crippen molar-refractivity contribution < 1.29 is 9.53 Å². The van der Waals surface area contributed by atoms with Gasteiger partial charge in [-0.3, -0.25) is 10.2 Å². The molecule has 1 aromatic heterocycles. The molecule has 5 heteroatoms. The maximum absolute atomic E-state index is 11.4. The lowest BCUT2D eigenvalue weighted by Crippen LogP contribution is -2.30. The lowest BCUT2D eigenvalue weighted by molar-refractivity contribution is 0.00723. The average Bonchev–Trinajstić information content (AvgIpc) is 2.46. The Morgan fingerprint density at radius 2 is 2.16 bits per heavy atom. The maximum Gasteiger partial charge on any atom is 0.283 e. The maximum atomic E-state index is 11.4. The Morgan fingerprint density at radius 3 is 2.84 bits per heavy atom. The lowest BCUT2D eigenvalue weighted by Gasteiger charge is -2.26. The van der Waals surface area contributed by atoms with Crippen molar-refractivity contribution in [1.82, 2.24) is 10.4 Å². The number of nitrogens with zero attached hydrogens (tertiary/aromatic N) is 1. The van der Waals surface area contributed by atoms with Gasteiger partial charge in [-0.2, -0.15) is 0 Å². The summed E-state index contributed by atoms with van der Waals surface area (Å²) < 4.78 is 5.86. The highest BCUT2D eigenvalue weighted by Gasteiger charge is 2.18. The van der Waals surface area contributed by atoms with Gasteiger partial charge < -0.3 is 4.74 Å². The lowest BCUT2D eigenvalue weighted by atomic mass is 9.89. The van der Waals surface area contributed by atoms with Crippen LogP contribution in [0.15, 0.2) is 18.2 Å². The van der Waals surface area contributed by atoms with E-state index in [1.807, 2.05) is 6.07 Å². The highest BCUT2D eigenvalue weighted by atomic mass is 16.5. The molecule has 104 valence electrons. The van der Waals surface area contributed by atoms with Gasteiger partial charge in [-0.15, -0.1) is 0 Å². The fourth-order valence-corrected chi connectivity index (χ4v) is 2.36. The van der Waals surface area contributed by atoms with Crippen LogP contribution >= 0.6 is 0 Å². The van der Waals surface area contributed by atoms with Gasteiger partial charge in [-0.1, -0.05) is 13.0 Å². The monoisotopic (exact) mass is 263 g/mol. The smallest absolute Gasteiger partial charge is 0.283 e. The zero-order valence-corrected chi connectivity index (χ0v) is 11.3. The van der Waals surface area contributed by atoms with E-state index >= 15 is 0 Å². The second-order valence-corrected chi connectivity index (χ2v) is 5.18. The first kappa shape index (κ1) is 14.0. The molecule has 0 saturated heterocycles. The molecular formula is C14H21N3O2. The Morgan fingerprint density at radius 1 is 1.42 bits per heavy atom. The molecule has 1 amide bonds. The van der Waals surface area contributed by atoms with Gasteiger partial charge in [-0.05, 0) is 43.7 Å². The van der Waals surface area contributed by atoms with Crippen molar-refractivity contribution in [2.45, 2.75) is 45.3 Å². The summed E-state index contributed by atoms with van der Waals surface area (Å²) >= 11 is 0. The summed E-state index contributed by atoms with van der Waals surface area (Å²) in [5.41, 5.74) is 3.16. The Hall–Kier alpha value is -1.46. The van der Waals surface area contributed by atoms with Gasteiger partial charge in [0, 0.05) is 0 Å². The number of amides is 1. The van der Waals surface area contributed by atoms with E-state index in [2.05, 4.69) is 17.3 Å². The second-order valence-electron chi connectivity index (χ2n) is 5.18. The number of rotatable bonds is 4. The molecule has 0 aliphatic heterocycles. The molecule has 1 aromatic rings. The number of hydrazine groups is 1. The molecule has 3 N–H and O–H groups in total. The van der Waals surface area contributed by atoms with E-state index in [-0.39, 0.29) is 5.91 Å². The van der Waals surface area contributed by atoms with Crippen molar-refractivity contribution in [2.75, 3.05) is 0 Å². The largest absolute Gasteiger partial charge is 0.372 e. The molecule has 0 spiro atoms. The summed E-state index contributed by atoms with van der Waals surface area (Å²) in [7, 11) is 0. The third kappa shape index (κ3) is 4.01. The third-order valence-corrected chi connectivity index (χ3v) is 3.60. The van der Waals surface area contributed by atoms with Gasteiger partial charge in [0.05, 0.1) is 18.4 Å². The topological polar surface area (TPSA) is 77.2 Å². The molecule has 0 radical (unpaired) electrons. The molecular weight excluding hydrogens is 242 g/mol. The Bertz CT molecular complexity index is 428. The number of pyridine rings is 1. The first-order valence-corrected chi connectivity index (χ1v) is 6.77.